The summed E-state index contributed by atoms with van der Waals surface area (Å²) < 4.78 is 0. The first-order chi connectivity index (χ1) is 7.63. The Kier molecular flexibility index (Phi) is 5.06. The highest BCUT2D eigenvalue weighted by Crippen LogP contribution is 2.22. The molecule has 0 aromatic heterocycles. The van der Waals surface area contributed by atoms with E-state index in [-0.39, 0.29) is 6.03 Å². The van der Waals surface area contributed by atoms with Crippen LogP contribution in [0.5, 0.6) is 0 Å². The van der Waals surface area contributed by atoms with Crippen molar-refractivity contribution >= 4 is 6.03 Å². The Bertz CT molecular complexity index is 228. The van der Waals surface area contributed by atoms with Crippen molar-refractivity contribution in [1.82, 2.24) is 9.80 Å². The molecule has 1 heterocycles. The second kappa shape index (κ2) is 6.09. The van der Waals surface area contributed by atoms with Gasteiger partial charge >= 0.3 is 6.03 Å². The zero-order valence-corrected chi connectivity index (χ0v) is 10.8. The summed E-state index contributed by atoms with van der Waals surface area (Å²) in [6.45, 7) is 9.26. The number of likely N-dealkylation sites (tertiary alicyclic amines) is 1. The molecule has 4 heteroatoms. The fourth-order valence-electron chi connectivity index (χ4n) is 2.32. The van der Waals surface area contributed by atoms with Gasteiger partial charge in [-0.3, -0.25) is 0 Å². The molecule has 0 bridgehead atoms. The second-order valence-corrected chi connectivity index (χ2v) is 4.64. The van der Waals surface area contributed by atoms with Gasteiger partial charge in [-0.25, -0.2) is 4.79 Å². The van der Waals surface area contributed by atoms with Crippen molar-refractivity contribution in [1.29, 1.82) is 0 Å². The first-order valence-electron chi connectivity index (χ1n) is 6.39. The van der Waals surface area contributed by atoms with E-state index in [2.05, 4.69) is 6.92 Å². The van der Waals surface area contributed by atoms with Gasteiger partial charge in [0.05, 0.1) is 0 Å². The minimum atomic E-state index is 0.177. The highest BCUT2D eigenvalue weighted by Gasteiger charge is 2.30. The molecule has 0 aliphatic carbocycles. The predicted octanol–water partition coefficient (Wildman–Crippen LogP) is 1.51. The molecule has 0 aromatic carbocycles. The molecule has 4 nitrogen and oxygen atoms in total. The van der Waals surface area contributed by atoms with Crippen LogP contribution >= 0.6 is 0 Å². The smallest absolute Gasteiger partial charge is 0.320 e. The predicted molar refractivity (Wildman–Crippen MR) is 66.3 cm³/mol. The van der Waals surface area contributed by atoms with Crippen LogP contribution in [-0.2, 0) is 0 Å². The van der Waals surface area contributed by atoms with Gasteiger partial charge < -0.3 is 15.5 Å². The van der Waals surface area contributed by atoms with Gasteiger partial charge in [0.2, 0.25) is 0 Å². The molecule has 1 saturated heterocycles. The fourth-order valence-corrected chi connectivity index (χ4v) is 2.32. The van der Waals surface area contributed by atoms with Crippen LogP contribution < -0.4 is 5.73 Å². The average Bonchev–Trinajstić information content (AvgIpc) is 2.31. The molecule has 16 heavy (non-hydrogen) atoms. The van der Waals surface area contributed by atoms with E-state index in [9.17, 15) is 4.79 Å². The van der Waals surface area contributed by atoms with Crippen molar-refractivity contribution in [3.05, 3.63) is 0 Å². The molecule has 0 aromatic rings. The molecular weight excluding hydrogens is 202 g/mol. The lowest BCUT2D eigenvalue weighted by atomic mass is 9.94. The Morgan fingerprint density at radius 1 is 1.38 bits per heavy atom. The average molecular weight is 227 g/mol. The maximum atomic E-state index is 12.2. The number of hydrogen-bond donors (Lipinski definition) is 1. The zero-order valence-electron chi connectivity index (χ0n) is 10.8. The Morgan fingerprint density at radius 2 is 2.00 bits per heavy atom. The Labute approximate surface area is 98.8 Å². The molecule has 2 amide bonds. The summed E-state index contributed by atoms with van der Waals surface area (Å²) in [6, 6.07) is 0.534. The van der Waals surface area contributed by atoms with Crippen molar-refractivity contribution in [3.63, 3.8) is 0 Å². The minimum absolute atomic E-state index is 0.177. The van der Waals surface area contributed by atoms with Gasteiger partial charge in [-0.05, 0) is 46.1 Å². The quantitative estimate of drug-likeness (QED) is 0.794. The number of amides is 2. The lowest BCUT2D eigenvalue weighted by molar-refractivity contribution is 0.105. The molecular formula is C12H25N3O. The number of hydrogen-bond acceptors (Lipinski definition) is 2. The van der Waals surface area contributed by atoms with Gasteiger partial charge in [-0.15, -0.1) is 0 Å². The van der Waals surface area contributed by atoms with Crippen LogP contribution in [0.3, 0.4) is 0 Å². The maximum Gasteiger partial charge on any atom is 0.320 e. The van der Waals surface area contributed by atoms with E-state index < -0.39 is 0 Å². The van der Waals surface area contributed by atoms with Gasteiger partial charge in [-0.1, -0.05) is 0 Å². The molecule has 0 radical (unpaired) electrons. The molecule has 2 unspecified atom stereocenters. The fraction of sp³-hybridized carbons (Fsp3) is 0.917. The molecule has 94 valence electrons. The van der Waals surface area contributed by atoms with E-state index in [0.717, 1.165) is 32.5 Å². The lowest BCUT2D eigenvalue weighted by Gasteiger charge is -2.40. The number of nitrogens with zero attached hydrogens (tertiary/aromatic N) is 2. The van der Waals surface area contributed by atoms with Crippen molar-refractivity contribution in [2.24, 2.45) is 11.7 Å². The summed E-state index contributed by atoms with van der Waals surface area (Å²) in [7, 11) is 0. The van der Waals surface area contributed by atoms with Crippen LogP contribution in [0.4, 0.5) is 4.79 Å². The van der Waals surface area contributed by atoms with Crippen molar-refractivity contribution in [2.45, 2.75) is 39.7 Å². The van der Waals surface area contributed by atoms with Crippen LogP contribution in [0.1, 0.15) is 33.6 Å². The monoisotopic (exact) mass is 227 g/mol. The van der Waals surface area contributed by atoms with E-state index in [4.69, 9.17) is 5.73 Å². The molecule has 1 rings (SSSR count). The van der Waals surface area contributed by atoms with E-state index in [1.54, 1.807) is 0 Å². The van der Waals surface area contributed by atoms with Crippen molar-refractivity contribution in [3.8, 4) is 0 Å². The number of carbonyl (C=O) groups excluding carboxylic acids is 1. The van der Waals surface area contributed by atoms with Crippen LogP contribution in [0, 0.1) is 5.92 Å². The normalized spacial score (nSPS) is 25.6. The third-order valence-corrected chi connectivity index (χ3v) is 3.59. The Hall–Kier alpha value is -0.770. The first kappa shape index (κ1) is 13.3. The molecule has 1 fully saturated rings. The third-order valence-electron chi connectivity index (χ3n) is 3.59. The highest BCUT2D eigenvalue weighted by molar-refractivity contribution is 5.74. The molecule has 0 saturated carbocycles. The number of urea groups is 1. The van der Waals surface area contributed by atoms with Crippen LogP contribution in [0.2, 0.25) is 0 Å². The van der Waals surface area contributed by atoms with Gasteiger partial charge in [0.25, 0.3) is 0 Å². The lowest BCUT2D eigenvalue weighted by Crippen LogP contribution is -2.52. The second-order valence-electron chi connectivity index (χ2n) is 4.64. The molecule has 1 aliphatic rings. The van der Waals surface area contributed by atoms with Crippen LogP contribution in [0.25, 0.3) is 0 Å². The Balaban J connectivity index is 2.64. The van der Waals surface area contributed by atoms with Gasteiger partial charge in [0.15, 0.2) is 0 Å². The third kappa shape index (κ3) is 2.88. The van der Waals surface area contributed by atoms with E-state index >= 15 is 0 Å². The van der Waals surface area contributed by atoms with Crippen molar-refractivity contribution < 1.29 is 4.79 Å². The van der Waals surface area contributed by atoms with Crippen molar-refractivity contribution in [2.75, 3.05) is 26.2 Å². The topological polar surface area (TPSA) is 49.6 Å². The Morgan fingerprint density at radius 3 is 2.50 bits per heavy atom. The summed E-state index contributed by atoms with van der Waals surface area (Å²) in [6.07, 6.45) is 2.23. The highest BCUT2D eigenvalue weighted by atomic mass is 16.2. The summed E-state index contributed by atoms with van der Waals surface area (Å²) in [4.78, 5) is 16.1. The van der Waals surface area contributed by atoms with Crippen LogP contribution in [0.15, 0.2) is 0 Å². The van der Waals surface area contributed by atoms with Gasteiger partial charge in [0, 0.05) is 25.7 Å². The number of rotatable bonds is 3. The summed E-state index contributed by atoms with van der Waals surface area (Å²) >= 11 is 0. The van der Waals surface area contributed by atoms with Gasteiger partial charge in [-0.2, -0.15) is 0 Å². The zero-order chi connectivity index (χ0) is 12.1. The van der Waals surface area contributed by atoms with Crippen LogP contribution in [-0.4, -0.2) is 48.1 Å². The maximum absolute atomic E-state index is 12.2. The summed E-state index contributed by atoms with van der Waals surface area (Å²) in [5.41, 5.74) is 5.70. The summed E-state index contributed by atoms with van der Waals surface area (Å²) in [5, 5.41) is 0. The van der Waals surface area contributed by atoms with Gasteiger partial charge in [0.1, 0.15) is 0 Å². The van der Waals surface area contributed by atoms with E-state index in [1.165, 1.54) is 0 Å². The summed E-state index contributed by atoms with van der Waals surface area (Å²) in [5.74, 6) is 0.482. The SMILES string of the molecule is CCN(CC)C(=O)N1CC(CN)CCC1C. The number of carbonyl (C=O) groups is 1. The standard InChI is InChI=1S/C12H25N3O/c1-4-14(5-2)12(16)15-9-11(8-13)7-6-10(15)3/h10-11H,4-9,13H2,1-3H3. The largest absolute Gasteiger partial charge is 0.330 e. The molecule has 0 spiro atoms. The number of nitrogens with two attached hydrogens (primary N) is 1. The molecule has 1 aliphatic heterocycles. The van der Waals surface area contributed by atoms with E-state index in [0.29, 0.717) is 18.5 Å². The van der Waals surface area contributed by atoms with E-state index in [1.807, 2.05) is 23.6 Å². The molecule has 2 atom stereocenters. The molecule has 2 N–H and O–H groups in total. The minimum Gasteiger partial charge on any atom is -0.330 e. The first-order valence-corrected chi connectivity index (χ1v) is 6.39. The number of piperidine rings is 1.